The number of H-pyrrole nitrogens is 1. The number of hydrazone groups is 1. The summed E-state index contributed by atoms with van der Waals surface area (Å²) in [5.41, 5.74) is 3.35. The standard InChI is InChI=1S/C25H21N5O4/c1-34-18-13-11-16(12-14-18)15-26-29-25(33)22(27-23(31)17-7-3-2-4-8-17)21-19-9-5-6-10-20(19)24(32)30-28-21/h2-15,22H,1H3,(H,27,31)(H,29,33)(H,30,32)/t22-/m0/s1. The summed E-state index contributed by atoms with van der Waals surface area (Å²) < 4.78 is 5.12. The summed E-state index contributed by atoms with van der Waals surface area (Å²) in [7, 11) is 1.57. The number of hydrogen-bond acceptors (Lipinski definition) is 6. The van der Waals surface area contributed by atoms with Crippen LogP contribution in [0.4, 0.5) is 0 Å². The Morgan fingerprint density at radius 3 is 2.35 bits per heavy atom. The number of methoxy groups -OCH3 is 1. The van der Waals surface area contributed by atoms with Gasteiger partial charge in [0, 0.05) is 10.9 Å². The van der Waals surface area contributed by atoms with E-state index in [2.05, 4.69) is 26.0 Å². The Bertz CT molecular complexity index is 1400. The molecular weight excluding hydrogens is 434 g/mol. The van der Waals surface area contributed by atoms with Crippen LogP contribution in [0.25, 0.3) is 10.8 Å². The Morgan fingerprint density at radius 1 is 0.971 bits per heavy atom. The van der Waals surface area contributed by atoms with Crippen molar-refractivity contribution in [2.45, 2.75) is 6.04 Å². The number of aromatic nitrogens is 2. The summed E-state index contributed by atoms with van der Waals surface area (Å²) in [4.78, 5) is 38.2. The van der Waals surface area contributed by atoms with Crippen LogP contribution in [0.15, 0.2) is 88.8 Å². The van der Waals surface area contributed by atoms with Gasteiger partial charge in [0.1, 0.15) is 11.4 Å². The maximum absolute atomic E-state index is 13.1. The van der Waals surface area contributed by atoms with E-state index in [4.69, 9.17) is 4.74 Å². The van der Waals surface area contributed by atoms with Gasteiger partial charge in [-0.15, -0.1) is 0 Å². The number of amides is 2. The molecule has 1 aromatic heterocycles. The van der Waals surface area contributed by atoms with Crippen molar-refractivity contribution in [3.05, 3.63) is 106 Å². The Labute approximate surface area is 194 Å². The molecule has 1 atom stereocenters. The molecule has 4 aromatic rings. The number of aromatic amines is 1. The van der Waals surface area contributed by atoms with Crippen LogP contribution in [0.1, 0.15) is 27.7 Å². The fraction of sp³-hybridized carbons (Fsp3) is 0.0800. The van der Waals surface area contributed by atoms with Crippen molar-refractivity contribution >= 4 is 28.8 Å². The molecule has 2 amide bonds. The molecule has 0 fully saturated rings. The largest absolute Gasteiger partial charge is 0.497 e. The first-order chi connectivity index (χ1) is 16.6. The number of hydrogen-bond donors (Lipinski definition) is 3. The molecule has 3 aromatic carbocycles. The average Bonchev–Trinajstić information content (AvgIpc) is 2.88. The third kappa shape index (κ3) is 4.99. The number of nitrogens with one attached hydrogen (secondary N) is 3. The number of ether oxygens (including phenoxy) is 1. The monoisotopic (exact) mass is 455 g/mol. The summed E-state index contributed by atoms with van der Waals surface area (Å²) in [6.45, 7) is 0. The number of benzene rings is 3. The van der Waals surface area contributed by atoms with Gasteiger partial charge in [0.15, 0.2) is 6.04 Å². The minimum absolute atomic E-state index is 0.191. The zero-order valence-corrected chi connectivity index (χ0v) is 18.2. The first-order valence-corrected chi connectivity index (χ1v) is 10.4. The van der Waals surface area contributed by atoms with Crippen molar-refractivity contribution in [3.63, 3.8) is 0 Å². The van der Waals surface area contributed by atoms with Crippen molar-refractivity contribution in [1.82, 2.24) is 20.9 Å². The van der Waals surface area contributed by atoms with Gasteiger partial charge in [-0.2, -0.15) is 10.2 Å². The van der Waals surface area contributed by atoms with Gasteiger partial charge in [0.05, 0.1) is 18.7 Å². The van der Waals surface area contributed by atoms with Crippen molar-refractivity contribution in [2.24, 2.45) is 5.10 Å². The first kappa shape index (κ1) is 22.4. The van der Waals surface area contributed by atoms with Crippen LogP contribution >= 0.6 is 0 Å². The Kier molecular flexibility index (Phi) is 6.73. The molecular formula is C25H21N5O4. The summed E-state index contributed by atoms with van der Waals surface area (Å²) in [5, 5.41) is 14.0. The molecule has 9 nitrogen and oxygen atoms in total. The summed E-state index contributed by atoms with van der Waals surface area (Å²) in [6, 6.07) is 21.1. The molecule has 0 unspecified atom stereocenters. The number of carbonyl (C=O) groups excluding carboxylic acids is 2. The van der Waals surface area contributed by atoms with Gasteiger partial charge in [-0.1, -0.05) is 36.4 Å². The topological polar surface area (TPSA) is 126 Å². The second-order valence-corrected chi connectivity index (χ2v) is 7.26. The molecule has 4 rings (SSSR count). The zero-order chi connectivity index (χ0) is 23.9. The Balaban J connectivity index is 1.64. The highest BCUT2D eigenvalue weighted by Crippen LogP contribution is 2.20. The number of nitrogens with zero attached hydrogens (tertiary/aromatic N) is 2. The predicted molar refractivity (Wildman–Crippen MR) is 128 cm³/mol. The third-order valence-corrected chi connectivity index (χ3v) is 5.08. The Hall–Kier alpha value is -4.79. The molecule has 0 aliphatic carbocycles. The lowest BCUT2D eigenvalue weighted by molar-refractivity contribution is -0.123. The van der Waals surface area contributed by atoms with Gasteiger partial charge in [-0.3, -0.25) is 14.4 Å². The van der Waals surface area contributed by atoms with E-state index < -0.39 is 23.4 Å². The highest BCUT2D eigenvalue weighted by atomic mass is 16.5. The molecule has 3 N–H and O–H groups in total. The van der Waals surface area contributed by atoms with E-state index in [1.807, 2.05) is 0 Å². The van der Waals surface area contributed by atoms with Crippen LogP contribution < -0.4 is 21.0 Å². The van der Waals surface area contributed by atoms with E-state index in [0.717, 1.165) is 5.56 Å². The summed E-state index contributed by atoms with van der Waals surface area (Å²) >= 11 is 0. The summed E-state index contributed by atoms with van der Waals surface area (Å²) in [5.74, 6) is -0.406. The molecule has 0 spiro atoms. The molecule has 0 aliphatic rings. The van der Waals surface area contributed by atoms with Crippen molar-refractivity contribution in [1.29, 1.82) is 0 Å². The van der Waals surface area contributed by atoms with Crippen LogP contribution in [0.3, 0.4) is 0 Å². The van der Waals surface area contributed by atoms with E-state index in [1.54, 1.807) is 86.0 Å². The molecule has 9 heteroatoms. The van der Waals surface area contributed by atoms with E-state index in [-0.39, 0.29) is 5.69 Å². The highest BCUT2D eigenvalue weighted by Gasteiger charge is 2.27. The smallest absolute Gasteiger partial charge is 0.272 e. The fourth-order valence-corrected chi connectivity index (χ4v) is 3.34. The fourth-order valence-electron chi connectivity index (χ4n) is 3.34. The summed E-state index contributed by atoms with van der Waals surface area (Å²) in [6.07, 6.45) is 1.46. The molecule has 34 heavy (non-hydrogen) atoms. The van der Waals surface area contributed by atoms with Crippen molar-refractivity contribution in [3.8, 4) is 5.75 Å². The average molecular weight is 455 g/mol. The lowest BCUT2D eigenvalue weighted by atomic mass is 10.0. The van der Waals surface area contributed by atoms with Gasteiger partial charge in [-0.25, -0.2) is 10.5 Å². The number of rotatable bonds is 7. The molecule has 0 aliphatic heterocycles. The van der Waals surface area contributed by atoms with Gasteiger partial charge in [0.2, 0.25) is 0 Å². The van der Waals surface area contributed by atoms with Crippen molar-refractivity contribution in [2.75, 3.05) is 7.11 Å². The van der Waals surface area contributed by atoms with Crippen LogP contribution in [0.2, 0.25) is 0 Å². The SMILES string of the molecule is COc1ccc(C=NNC(=O)[C@@H](NC(=O)c2ccccc2)c2n[nH]c(=O)c3ccccc23)cc1. The van der Waals surface area contributed by atoms with E-state index >= 15 is 0 Å². The van der Waals surface area contributed by atoms with Gasteiger partial charge in [0.25, 0.3) is 17.4 Å². The predicted octanol–water partition coefficient (Wildman–Crippen LogP) is 2.55. The number of carbonyl (C=O) groups is 2. The van der Waals surface area contributed by atoms with Gasteiger partial charge >= 0.3 is 0 Å². The van der Waals surface area contributed by atoms with Crippen LogP contribution in [-0.2, 0) is 4.79 Å². The van der Waals surface area contributed by atoms with Gasteiger partial charge in [-0.05, 0) is 48.0 Å². The number of fused-ring (bicyclic) bond motifs is 1. The quantitative estimate of drug-likeness (QED) is 0.292. The van der Waals surface area contributed by atoms with E-state index in [0.29, 0.717) is 22.1 Å². The van der Waals surface area contributed by atoms with Crippen molar-refractivity contribution < 1.29 is 14.3 Å². The van der Waals surface area contributed by atoms with E-state index in [9.17, 15) is 14.4 Å². The normalized spacial score (nSPS) is 11.8. The van der Waals surface area contributed by atoms with Crippen LogP contribution in [-0.4, -0.2) is 35.3 Å². The first-order valence-electron chi connectivity index (χ1n) is 10.4. The second-order valence-electron chi connectivity index (χ2n) is 7.26. The van der Waals surface area contributed by atoms with E-state index in [1.165, 1.54) is 6.21 Å². The molecule has 0 radical (unpaired) electrons. The third-order valence-electron chi connectivity index (χ3n) is 5.08. The Morgan fingerprint density at radius 2 is 1.65 bits per heavy atom. The van der Waals surface area contributed by atoms with Crippen LogP contribution in [0.5, 0.6) is 5.75 Å². The lowest BCUT2D eigenvalue weighted by Gasteiger charge is -2.18. The van der Waals surface area contributed by atoms with Crippen LogP contribution in [0, 0.1) is 0 Å². The maximum Gasteiger partial charge on any atom is 0.272 e. The zero-order valence-electron chi connectivity index (χ0n) is 18.2. The highest BCUT2D eigenvalue weighted by molar-refractivity contribution is 5.99. The lowest BCUT2D eigenvalue weighted by Crippen LogP contribution is -2.40. The molecule has 0 bridgehead atoms. The second kappa shape index (κ2) is 10.2. The molecule has 1 heterocycles. The van der Waals surface area contributed by atoms with Gasteiger partial charge < -0.3 is 10.1 Å². The minimum Gasteiger partial charge on any atom is -0.497 e. The molecule has 0 saturated carbocycles. The molecule has 170 valence electrons. The maximum atomic E-state index is 13.1. The minimum atomic E-state index is -1.22. The molecule has 0 saturated heterocycles.